The van der Waals surface area contributed by atoms with E-state index in [4.69, 9.17) is 4.74 Å². The van der Waals surface area contributed by atoms with Gasteiger partial charge in [0.25, 0.3) is 0 Å². The van der Waals surface area contributed by atoms with Gasteiger partial charge < -0.3 is 20.4 Å². The van der Waals surface area contributed by atoms with Crippen molar-refractivity contribution in [2.24, 2.45) is 0 Å². The summed E-state index contributed by atoms with van der Waals surface area (Å²) in [6.45, 7) is 0.829. The van der Waals surface area contributed by atoms with Crippen LogP contribution in [0.15, 0.2) is 79.3 Å². The van der Waals surface area contributed by atoms with Crippen LogP contribution in [0.4, 0.5) is 5.69 Å². The number of aromatic amines is 1. The Hall–Kier alpha value is -4.13. The fraction of sp³-hybridized carbons (Fsp3) is 0.125. The second-order valence-corrected chi connectivity index (χ2v) is 7.00. The SMILES string of the molecule is O=C(NCCc1c[nH]c2ccc(OCc3ccccc3)cc12)C(=O)Nc1cccnc1. The van der Waals surface area contributed by atoms with Crippen LogP contribution in [0.2, 0.25) is 0 Å². The van der Waals surface area contributed by atoms with E-state index in [2.05, 4.69) is 20.6 Å². The first kappa shape index (κ1) is 20.2. The number of hydrogen-bond donors (Lipinski definition) is 3. The standard InChI is InChI=1S/C24H22N4O3/c29-23(24(30)28-19-7-4-11-25-15-19)26-12-10-18-14-27-22-9-8-20(13-21(18)22)31-16-17-5-2-1-3-6-17/h1-9,11,13-15,27H,10,12,16H2,(H,26,29)(H,28,30). The zero-order valence-electron chi connectivity index (χ0n) is 16.8. The quantitative estimate of drug-likeness (QED) is 0.404. The maximum absolute atomic E-state index is 12.0. The summed E-state index contributed by atoms with van der Waals surface area (Å²) in [4.78, 5) is 31.1. The summed E-state index contributed by atoms with van der Waals surface area (Å²) in [6, 6.07) is 19.2. The van der Waals surface area contributed by atoms with Crippen molar-refractivity contribution in [1.29, 1.82) is 0 Å². The number of hydrogen-bond acceptors (Lipinski definition) is 4. The number of nitrogens with one attached hydrogen (secondary N) is 3. The molecular formula is C24H22N4O3. The molecule has 2 aromatic heterocycles. The Morgan fingerprint density at radius 1 is 1.00 bits per heavy atom. The van der Waals surface area contributed by atoms with Crippen molar-refractivity contribution in [3.05, 3.63) is 90.4 Å². The summed E-state index contributed by atoms with van der Waals surface area (Å²) in [7, 11) is 0. The van der Waals surface area contributed by atoms with Gasteiger partial charge in [-0.1, -0.05) is 30.3 Å². The maximum atomic E-state index is 12.0. The molecule has 7 heteroatoms. The average Bonchev–Trinajstić information content (AvgIpc) is 3.21. The highest BCUT2D eigenvalue weighted by Gasteiger charge is 2.13. The minimum absolute atomic E-state index is 0.335. The maximum Gasteiger partial charge on any atom is 0.313 e. The van der Waals surface area contributed by atoms with Crippen molar-refractivity contribution in [2.45, 2.75) is 13.0 Å². The first-order valence-corrected chi connectivity index (χ1v) is 9.95. The Balaban J connectivity index is 1.33. The fourth-order valence-corrected chi connectivity index (χ4v) is 3.21. The minimum Gasteiger partial charge on any atom is -0.489 e. The van der Waals surface area contributed by atoms with E-state index in [1.807, 2.05) is 54.7 Å². The lowest BCUT2D eigenvalue weighted by molar-refractivity contribution is -0.136. The van der Waals surface area contributed by atoms with Gasteiger partial charge in [0.05, 0.1) is 11.9 Å². The molecular weight excluding hydrogens is 392 g/mol. The van der Waals surface area contributed by atoms with E-state index >= 15 is 0 Å². The summed E-state index contributed by atoms with van der Waals surface area (Å²) in [5, 5.41) is 6.19. The smallest absolute Gasteiger partial charge is 0.313 e. The van der Waals surface area contributed by atoms with E-state index in [1.165, 1.54) is 6.20 Å². The number of benzene rings is 2. The first-order chi connectivity index (χ1) is 15.2. The molecule has 2 amide bonds. The molecule has 0 bridgehead atoms. The molecule has 4 aromatic rings. The third-order valence-electron chi connectivity index (χ3n) is 4.79. The fourth-order valence-electron chi connectivity index (χ4n) is 3.21. The van der Waals surface area contributed by atoms with Gasteiger partial charge in [-0.3, -0.25) is 14.6 Å². The molecule has 0 radical (unpaired) electrons. The number of aromatic nitrogens is 2. The Morgan fingerprint density at radius 2 is 1.87 bits per heavy atom. The molecule has 0 fully saturated rings. The number of fused-ring (bicyclic) bond motifs is 1. The van der Waals surface area contributed by atoms with Gasteiger partial charge in [0.2, 0.25) is 0 Å². The van der Waals surface area contributed by atoms with Crippen molar-refractivity contribution in [3.63, 3.8) is 0 Å². The van der Waals surface area contributed by atoms with Crippen molar-refractivity contribution in [3.8, 4) is 5.75 Å². The molecule has 0 unspecified atom stereocenters. The summed E-state index contributed by atoms with van der Waals surface area (Å²) in [6.07, 6.45) is 5.56. The number of amides is 2. The Morgan fingerprint density at radius 3 is 2.68 bits per heavy atom. The van der Waals surface area contributed by atoms with Crippen LogP contribution in [0.5, 0.6) is 5.75 Å². The highest BCUT2D eigenvalue weighted by Crippen LogP contribution is 2.24. The second kappa shape index (κ2) is 9.58. The average molecular weight is 414 g/mol. The van der Waals surface area contributed by atoms with Crippen molar-refractivity contribution in [1.82, 2.24) is 15.3 Å². The van der Waals surface area contributed by atoms with E-state index in [0.717, 1.165) is 27.8 Å². The number of carbonyl (C=O) groups excluding carboxylic acids is 2. The molecule has 7 nitrogen and oxygen atoms in total. The Bertz CT molecular complexity index is 1170. The number of carbonyl (C=O) groups is 2. The molecule has 4 rings (SSSR count). The highest BCUT2D eigenvalue weighted by atomic mass is 16.5. The van der Waals surface area contributed by atoms with Gasteiger partial charge in [0, 0.05) is 29.8 Å². The van der Waals surface area contributed by atoms with Gasteiger partial charge >= 0.3 is 11.8 Å². The van der Waals surface area contributed by atoms with E-state index in [-0.39, 0.29) is 0 Å². The number of pyridine rings is 1. The van der Waals surface area contributed by atoms with Crippen LogP contribution in [0, 0.1) is 0 Å². The predicted molar refractivity (Wildman–Crippen MR) is 119 cm³/mol. The van der Waals surface area contributed by atoms with E-state index in [0.29, 0.717) is 25.3 Å². The molecule has 3 N–H and O–H groups in total. The molecule has 156 valence electrons. The molecule has 0 spiro atoms. The number of H-pyrrole nitrogens is 1. The third-order valence-corrected chi connectivity index (χ3v) is 4.79. The molecule has 0 saturated carbocycles. The van der Waals surface area contributed by atoms with Gasteiger partial charge in [-0.15, -0.1) is 0 Å². The zero-order chi connectivity index (χ0) is 21.5. The first-order valence-electron chi connectivity index (χ1n) is 9.95. The van der Waals surface area contributed by atoms with Crippen LogP contribution in [0.25, 0.3) is 10.9 Å². The van der Waals surface area contributed by atoms with Crippen LogP contribution in [-0.4, -0.2) is 28.3 Å². The molecule has 2 heterocycles. The molecule has 2 aromatic carbocycles. The van der Waals surface area contributed by atoms with Gasteiger partial charge in [-0.25, -0.2) is 0 Å². The van der Waals surface area contributed by atoms with Crippen molar-refractivity contribution in [2.75, 3.05) is 11.9 Å². The topological polar surface area (TPSA) is 96.1 Å². The van der Waals surface area contributed by atoms with E-state index in [1.54, 1.807) is 18.3 Å². The van der Waals surface area contributed by atoms with E-state index in [9.17, 15) is 9.59 Å². The van der Waals surface area contributed by atoms with Crippen LogP contribution in [0.1, 0.15) is 11.1 Å². The largest absolute Gasteiger partial charge is 0.489 e. The van der Waals surface area contributed by atoms with Crippen molar-refractivity contribution < 1.29 is 14.3 Å². The molecule has 0 atom stereocenters. The van der Waals surface area contributed by atoms with E-state index < -0.39 is 11.8 Å². The second-order valence-electron chi connectivity index (χ2n) is 7.00. The lowest BCUT2D eigenvalue weighted by atomic mass is 10.1. The number of nitrogens with zero attached hydrogens (tertiary/aromatic N) is 1. The minimum atomic E-state index is -0.719. The molecule has 0 aliphatic heterocycles. The Labute approximate surface area is 179 Å². The summed E-state index contributed by atoms with van der Waals surface area (Å²) in [5.41, 5.74) is 3.60. The third kappa shape index (κ3) is 5.27. The van der Waals surface area contributed by atoms with Crippen LogP contribution >= 0.6 is 0 Å². The number of ether oxygens (including phenoxy) is 1. The summed E-state index contributed by atoms with van der Waals surface area (Å²) >= 11 is 0. The lowest BCUT2D eigenvalue weighted by Gasteiger charge is -2.08. The summed E-state index contributed by atoms with van der Waals surface area (Å²) < 4.78 is 5.91. The highest BCUT2D eigenvalue weighted by molar-refractivity contribution is 6.39. The van der Waals surface area contributed by atoms with Crippen molar-refractivity contribution >= 4 is 28.4 Å². The number of rotatable bonds is 7. The van der Waals surface area contributed by atoms with Crippen LogP contribution in [0.3, 0.4) is 0 Å². The summed E-state index contributed by atoms with van der Waals surface area (Å²) in [5.74, 6) is -0.629. The molecule has 0 aliphatic rings. The van der Waals surface area contributed by atoms with Gasteiger partial charge in [-0.05, 0) is 47.9 Å². The van der Waals surface area contributed by atoms with Gasteiger partial charge in [0.15, 0.2) is 0 Å². The lowest BCUT2D eigenvalue weighted by Crippen LogP contribution is -2.36. The molecule has 0 aliphatic carbocycles. The van der Waals surface area contributed by atoms with Crippen LogP contribution < -0.4 is 15.4 Å². The Kier molecular flexibility index (Phi) is 6.23. The zero-order valence-corrected chi connectivity index (χ0v) is 16.8. The predicted octanol–water partition coefficient (Wildman–Crippen LogP) is 3.44. The molecule has 31 heavy (non-hydrogen) atoms. The number of anilines is 1. The monoisotopic (exact) mass is 414 g/mol. The molecule has 0 saturated heterocycles. The van der Waals surface area contributed by atoms with Crippen LogP contribution in [-0.2, 0) is 22.6 Å². The van der Waals surface area contributed by atoms with Gasteiger partial charge in [0.1, 0.15) is 12.4 Å². The normalized spacial score (nSPS) is 10.6. The van der Waals surface area contributed by atoms with Gasteiger partial charge in [-0.2, -0.15) is 0 Å².